The zero-order valence-corrected chi connectivity index (χ0v) is 12.8. The van der Waals surface area contributed by atoms with Crippen molar-refractivity contribution >= 4 is 5.82 Å². The molecule has 0 bridgehead atoms. The van der Waals surface area contributed by atoms with Gasteiger partial charge >= 0.3 is 0 Å². The topological polar surface area (TPSA) is 50.2 Å². The molecule has 2 heterocycles. The van der Waals surface area contributed by atoms with Crippen LogP contribution in [0, 0.1) is 5.92 Å². The zero-order chi connectivity index (χ0) is 14.5. The normalized spacial score (nSPS) is 19.6. The molecule has 1 aliphatic rings. The number of aryl methyl sites for hydroxylation is 1. The van der Waals surface area contributed by atoms with E-state index in [1.165, 1.54) is 6.42 Å². The minimum Gasteiger partial charge on any atom is -0.348 e. The lowest BCUT2D eigenvalue weighted by atomic mass is 10.0. The van der Waals surface area contributed by atoms with E-state index in [4.69, 9.17) is 0 Å². The predicted molar refractivity (Wildman–Crippen MR) is 82.2 cm³/mol. The van der Waals surface area contributed by atoms with Crippen LogP contribution in [0.5, 0.6) is 0 Å². The van der Waals surface area contributed by atoms with Crippen LogP contribution in [-0.4, -0.2) is 35.2 Å². The molecule has 1 aromatic rings. The van der Waals surface area contributed by atoms with Gasteiger partial charge in [0.2, 0.25) is 0 Å². The van der Waals surface area contributed by atoms with Gasteiger partial charge in [-0.05, 0) is 31.7 Å². The maximum atomic E-state index is 12.2. The Hall–Kier alpha value is -1.36. The van der Waals surface area contributed by atoms with Crippen LogP contribution in [0.15, 0.2) is 17.2 Å². The maximum absolute atomic E-state index is 12.2. The Morgan fingerprint density at radius 1 is 1.45 bits per heavy atom. The average Bonchev–Trinajstić information content (AvgIpc) is 2.42. The lowest BCUT2D eigenvalue weighted by molar-refractivity contribution is 0.419. The summed E-state index contributed by atoms with van der Waals surface area (Å²) in [5.74, 6) is 1.25. The Balaban J connectivity index is 2.10. The molecule has 20 heavy (non-hydrogen) atoms. The predicted octanol–water partition coefficient (Wildman–Crippen LogP) is 1.38. The molecule has 1 N–H and O–H groups in total. The van der Waals surface area contributed by atoms with Crippen molar-refractivity contribution in [1.82, 2.24) is 14.9 Å². The molecule has 5 heteroatoms. The molecule has 1 unspecified atom stereocenters. The molecule has 0 spiro atoms. The second kappa shape index (κ2) is 6.88. The van der Waals surface area contributed by atoms with Gasteiger partial charge in [-0.15, -0.1) is 0 Å². The van der Waals surface area contributed by atoms with E-state index in [1.807, 2.05) is 0 Å². The molecule has 5 nitrogen and oxygen atoms in total. The van der Waals surface area contributed by atoms with Crippen molar-refractivity contribution < 1.29 is 0 Å². The van der Waals surface area contributed by atoms with Gasteiger partial charge in [-0.2, -0.15) is 0 Å². The first-order valence-electron chi connectivity index (χ1n) is 7.58. The lowest BCUT2D eigenvalue weighted by Crippen LogP contribution is -2.48. The van der Waals surface area contributed by atoms with Crippen molar-refractivity contribution in [2.24, 2.45) is 13.0 Å². The number of piperidine rings is 1. The van der Waals surface area contributed by atoms with E-state index in [0.29, 0.717) is 17.8 Å². The number of hydrogen-bond acceptors (Lipinski definition) is 4. The van der Waals surface area contributed by atoms with Crippen molar-refractivity contribution in [2.75, 3.05) is 24.5 Å². The number of nitrogens with one attached hydrogen (secondary N) is 1. The van der Waals surface area contributed by atoms with E-state index in [-0.39, 0.29) is 5.56 Å². The smallest absolute Gasteiger partial charge is 0.293 e. The average molecular weight is 278 g/mol. The van der Waals surface area contributed by atoms with Gasteiger partial charge in [0.1, 0.15) is 0 Å². The van der Waals surface area contributed by atoms with E-state index < -0.39 is 0 Å². The summed E-state index contributed by atoms with van der Waals surface area (Å²) in [4.78, 5) is 18.7. The Bertz CT molecular complexity index is 483. The van der Waals surface area contributed by atoms with Gasteiger partial charge in [0.25, 0.3) is 5.56 Å². The van der Waals surface area contributed by atoms with Crippen LogP contribution in [0.2, 0.25) is 0 Å². The molecule has 1 aliphatic heterocycles. The Morgan fingerprint density at radius 3 is 3.00 bits per heavy atom. The summed E-state index contributed by atoms with van der Waals surface area (Å²) in [6, 6.07) is 0.380. The van der Waals surface area contributed by atoms with Crippen LogP contribution < -0.4 is 15.8 Å². The Kier molecular flexibility index (Phi) is 5.17. The first kappa shape index (κ1) is 15.0. The van der Waals surface area contributed by atoms with Crippen molar-refractivity contribution in [3.8, 4) is 0 Å². The minimum absolute atomic E-state index is 0.00302. The van der Waals surface area contributed by atoms with Crippen LogP contribution in [0.3, 0.4) is 0 Å². The highest BCUT2D eigenvalue weighted by molar-refractivity contribution is 5.38. The molecule has 0 radical (unpaired) electrons. The standard InChI is InChI=1S/C15H26N4O/c1-12(2)10-16-11-13-6-4-5-8-19(13)14-15(20)18(3)9-7-17-14/h7,9,12-13,16H,4-6,8,10-11H2,1-3H3. The molecule has 2 rings (SSSR count). The molecular formula is C15H26N4O. The molecule has 1 fully saturated rings. The number of hydrogen-bond donors (Lipinski definition) is 1. The maximum Gasteiger partial charge on any atom is 0.293 e. The Labute approximate surface area is 121 Å². The fourth-order valence-electron chi connectivity index (χ4n) is 2.71. The molecule has 1 saturated heterocycles. The number of rotatable bonds is 5. The quantitative estimate of drug-likeness (QED) is 0.884. The minimum atomic E-state index is 0.00302. The van der Waals surface area contributed by atoms with Crippen molar-refractivity contribution in [2.45, 2.75) is 39.2 Å². The van der Waals surface area contributed by atoms with Crippen molar-refractivity contribution in [3.63, 3.8) is 0 Å². The summed E-state index contributed by atoms with van der Waals surface area (Å²) in [5, 5.41) is 3.51. The summed E-state index contributed by atoms with van der Waals surface area (Å²) in [7, 11) is 1.78. The third kappa shape index (κ3) is 3.60. The fourth-order valence-corrected chi connectivity index (χ4v) is 2.71. The van der Waals surface area contributed by atoms with Crippen molar-refractivity contribution in [1.29, 1.82) is 0 Å². The summed E-state index contributed by atoms with van der Waals surface area (Å²) < 4.78 is 1.61. The summed E-state index contributed by atoms with van der Waals surface area (Å²) in [5.41, 5.74) is 0.00302. The zero-order valence-electron chi connectivity index (χ0n) is 12.8. The highest BCUT2D eigenvalue weighted by atomic mass is 16.1. The van der Waals surface area contributed by atoms with Gasteiger partial charge in [0, 0.05) is 38.6 Å². The van der Waals surface area contributed by atoms with E-state index in [2.05, 4.69) is 29.0 Å². The third-order valence-electron chi connectivity index (χ3n) is 3.83. The van der Waals surface area contributed by atoms with Crippen LogP contribution in [0.25, 0.3) is 0 Å². The molecule has 1 atom stereocenters. The Morgan fingerprint density at radius 2 is 2.25 bits per heavy atom. The van der Waals surface area contributed by atoms with E-state index in [1.54, 1.807) is 24.0 Å². The largest absolute Gasteiger partial charge is 0.348 e. The lowest BCUT2D eigenvalue weighted by Gasteiger charge is -2.36. The molecule has 0 saturated carbocycles. The van der Waals surface area contributed by atoms with E-state index in [0.717, 1.165) is 32.5 Å². The van der Waals surface area contributed by atoms with Gasteiger partial charge in [-0.1, -0.05) is 13.8 Å². The van der Waals surface area contributed by atoms with Crippen LogP contribution in [-0.2, 0) is 7.05 Å². The van der Waals surface area contributed by atoms with Gasteiger partial charge in [-0.25, -0.2) is 4.98 Å². The first-order chi connectivity index (χ1) is 9.59. The number of aromatic nitrogens is 2. The summed E-state index contributed by atoms with van der Waals surface area (Å²) >= 11 is 0. The number of anilines is 1. The second-order valence-electron chi connectivity index (χ2n) is 6.06. The fraction of sp³-hybridized carbons (Fsp3) is 0.733. The SMILES string of the molecule is CC(C)CNCC1CCCCN1c1nccn(C)c1=O. The van der Waals surface area contributed by atoms with Crippen LogP contribution in [0.4, 0.5) is 5.82 Å². The van der Waals surface area contributed by atoms with Crippen LogP contribution >= 0.6 is 0 Å². The summed E-state index contributed by atoms with van der Waals surface area (Å²) in [6.07, 6.45) is 6.93. The molecule has 0 amide bonds. The molecule has 1 aromatic heterocycles. The monoisotopic (exact) mass is 278 g/mol. The molecule has 0 aromatic carbocycles. The van der Waals surface area contributed by atoms with E-state index >= 15 is 0 Å². The van der Waals surface area contributed by atoms with Crippen molar-refractivity contribution in [3.05, 3.63) is 22.7 Å². The van der Waals surface area contributed by atoms with E-state index in [9.17, 15) is 4.79 Å². The van der Waals surface area contributed by atoms with Gasteiger partial charge in [0.05, 0.1) is 0 Å². The van der Waals surface area contributed by atoms with Gasteiger partial charge in [-0.3, -0.25) is 4.79 Å². The van der Waals surface area contributed by atoms with Crippen LogP contribution in [0.1, 0.15) is 33.1 Å². The van der Waals surface area contributed by atoms with Gasteiger partial charge in [0.15, 0.2) is 5.82 Å². The second-order valence-corrected chi connectivity index (χ2v) is 6.06. The first-order valence-corrected chi connectivity index (χ1v) is 7.58. The third-order valence-corrected chi connectivity index (χ3v) is 3.83. The van der Waals surface area contributed by atoms with Gasteiger partial charge < -0.3 is 14.8 Å². The highest BCUT2D eigenvalue weighted by Crippen LogP contribution is 2.20. The summed E-state index contributed by atoms with van der Waals surface area (Å²) in [6.45, 7) is 7.29. The highest BCUT2D eigenvalue weighted by Gasteiger charge is 2.25. The molecule has 112 valence electrons. The number of nitrogens with zero attached hydrogens (tertiary/aromatic N) is 3. The molecular weight excluding hydrogens is 252 g/mol. The molecule has 0 aliphatic carbocycles.